The van der Waals surface area contributed by atoms with Crippen LogP contribution >= 0.6 is 0 Å². The van der Waals surface area contributed by atoms with Crippen molar-refractivity contribution in [3.63, 3.8) is 0 Å². The molecule has 0 aromatic rings. The Hall–Kier alpha value is -1.48. The molecule has 0 aromatic carbocycles. The molecule has 1 aliphatic heterocycles. The van der Waals surface area contributed by atoms with Crippen LogP contribution in [0.3, 0.4) is 0 Å². The molecule has 0 radical (unpaired) electrons. The monoisotopic (exact) mass is 646 g/mol. The van der Waals surface area contributed by atoms with Crippen LogP contribution in [-0.2, 0) is 33.3 Å². The van der Waals surface area contributed by atoms with Gasteiger partial charge in [0.05, 0.1) is 31.8 Å². The van der Waals surface area contributed by atoms with Gasteiger partial charge >= 0.3 is 11.9 Å². The summed E-state index contributed by atoms with van der Waals surface area (Å²) in [4.78, 5) is 23.9. The molecule has 0 spiro atoms. The number of hydrogen-bond donors (Lipinski definition) is 1. The zero-order valence-corrected chi connectivity index (χ0v) is 29.5. The highest BCUT2D eigenvalue weighted by molar-refractivity contribution is 5.69. The van der Waals surface area contributed by atoms with Crippen molar-refractivity contribution in [2.45, 2.75) is 150 Å². The number of hydrogen-bond acceptors (Lipinski definition) is 8. The minimum atomic E-state index is -0.501. The first kappa shape index (κ1) is 35.8. The Labute approximate surface area is 277 Å². The number of fused-ring (bicyclic) bond motifs is 5. The second-order valence-corrected chi connectivity index (χ2v) is 16.1. The van der Waals surface area contributed by atoms with Gasteiger partial charge in [-0.05, 0) is 111 Å². The molecule has 9 atom stereocenters. The van der Waals surface area contributed by atoms with Crippen LogP contribution in [0.2, 0.25) is 0 Å². The van der Waals surface area contributed by atoms with Crippen LogP contribution in [0.4, 0.5) is 0 Å². The quantitative estimate of drug-likeness (QED) is 0.126. The first-order valence-electron chi connectivity index (χ1n) is 18.5. The van der Waals surface area contributed by atoms with Gasteiger partial charge in [-0.15, -0.1) is 0 Å². The molecular weight excluding hydrogens is 584 g/mol. The topological polar surface area (TPSA) is 101 Å². The SMILES string of the molecule is CCC(=O)OC1COC(CCC(=O)OCO[C@@H](CC[C@@H](C)[C@H]2CC[C@H]3[C@@H]4CC=C5C[C@@H](O)CC[C@]5(C)[C@H]4CC[C@]23C)C(C)C)OC1. The summed E-state index contributed by atoms with van der Waals surface area (Å²) in [5.41, 5.74) is 2.26. The fourth-order valence-electron chi connectivity index (χ4n) is 10.4. The zero-order chi connectivity index (χ0) is 33.1. The van der Waals surface area contributed by atoms with Gasteiger partial charge in [-0.25, -0.2) is 0 Å². The van der Waals surface area contributed by atoms with E-state index in [1.54, 1.807) is 12.5 Å². The predicted molar refractivity (Wildman–Crippen MR) is 175 cm³/mol. The lowest BCUT2D eigenvalue weighted by Gasteiger charge is -2.58. The Morgan fingerprint density at radius 3 is 2.48 bits per heavy atom. The summed E-state index contributed by atoms with van der Waals surface area (Å²) in [6, 6.07) is 0. The van der Waals surface area contributed by atoms with E-state index in [1.807, 2.05) is 0 Å². The summed E-state index contributed by atoms with van der Waals surface area (Å²) in [5.74, 6) is 3.49. The maximum absolute atomic E-state index is 12.4. The van der Waals surface area contributed by atoms with Gasteiger partial charge in [0.25, 0.3) is 0 Å². The molecule has 1 saturated heterocycles. The molecule has 8 heteroatoms. The second-order valence-electron chi connectivity index (χ2n) is 16.1. The molecule has 5 aliphatic rings. The van der Waals surface area contributed by atoms with E-state index < -0.39 is 12.4 Å². The molecule has 0 aromatic heterocycles. The lowest BCUT2D eigenvalue weighted by atomic mass is 9.47. The number of aliphatic hydroxyl groups is 1. The van der Waals surface area contributed by atoms with Crippen molar-refractivity contribution >= 4 is 11.9 Å². The summed E-state index contributed by atoms with van der Waals surface area (Å²) in [7, 11) is 0. The molecule has 46 heavy (non-hydrogen) atoms. The minimum absolute atomic E-state index is 0.0327. The van der Waals surface area contributed by atoms with Gasteiger partial charge < -0.3 is 28.8 Å². The number of allylic oxidation sites excluding steroid dienone is 1. The van der Waals surface area contributed by atoms with Gasteiger partial charge in [0, 0.05) is 12.8 Å². The van der Waals surface area contributed by atoms with Crippen molar-refractivity contribution in [3.8, 4) is 0 Å². The third-order valence-corrected chi connectivity index (χ3v) is 13.1. The standard InChI is InChI=1S/C38H62O8/c1-7-34(40)46-28-21-42-36(43-22-28)15-14-35(41)45-23-44-33(24(2)3)13-8-25(4)30-11-12-31-29-10-9-26-20-27(39)16-18-37(26,5)32(29)17-19-38(30,31)6/h9,24-25,27-33,36,39H,7-8,10-23H2,1-6H3/t25-,27+,28?,29+,30-,31+,32+,33+,36?,37+,38-/m1/s1. The van der Waals surface area contributed by atoms with Crippen LogP contribution in [0.5, 0.6) is 0 Å². The lowest BCUT2D eigenvalue weighted by Crippen LogP contribution is -2.50. The van der Waals surface area contributed by atoms with E-state index in [-0.39, 0.29) is 50.6 Å². The van der Waals surface area contributed by atoms with E-state index >= 15 is 0 Å². The van der Waals surface area contributed by atoms with Gasteiger partial charge in [0.2, 0.25) is 0 Å². The van der Waals surface area contributed by atoms with E-state index in [2.05, 4.69) is 40.7 Å². The van der Waals surface area contributed by atoms with Crippen molar-refractivity contribution in [1.82, 2.24) is 0 Å². The normalized spacial score (nSPS) is 38.6. The number of carbonyl (C=O) groups is 2. The lowest BCUT2D eigenvalue weighted by molar-refractivity contribution is -0.228. The zero-order valence-electron chi connectivity index (χ0n) is 29.5. The van der Waals surface area contributed by atoms with Crippen LogP contribution in [0.15, 0.2) is 11.6 Å². The van der Waals surface area contributed by atoms with Gasteiger partial charge in [0.1, 0.15) is 6.10 Å². The van der Waals surface area contributed by atoms with E-state index in [4.69, 9.17) is 23.7 Å². The summed E-state index contributed by atoms with van der Waals surface area (Å²) in [6.45, 7) is 14.2. The van der Waals surface area contributed by atoms with Crippen LogP contribution < -0.4 is 0 Å². The molecule has 1 N–H and O–H groups in total. The van der Waals surface area contributed by atoms with Crippen LogP contribution in [0.1, 0.15) is 125 Å². The van der Waals surface area contributed by atoms with E-state index in [0.29, 0.717) is 35.5 Å². The molecule has 1 heterocycles. The highest BCUT2D eigenvalue weighted by Crippen LogP contribution is 2.67. The van der Waals surface area contributed by atoms with Crippen molar-refractivity contribution < 1.29 is 38.4 Å². The van der Waals surface area contributed by atoms with Crippen molar-refractivity contribution in [2.24, 2.45) is 46.3 Å². The molecule has 4 aliphatic carbocycles. The van der Waals surface area contributed by atoms with E-state index in [1.165, 1.54) is 32.1 Å². The smallest absolute Gasteiger partial charge is 0.308 e. The third kappa shape index (κ3) is 7.87. The maximum atomic E-state index is 12.4. The Kier molecular flexibility index (Phi) is 12.0. The highest BCUT2D eigenvalue weighted by Gasteiger charge is 2.59. The van der Waals surface area contributed by atoms with Crippen molar-refractivity contribution in [2.75, 3.05) is 20.0 Å². The van der Waals surface area contributed by atoms with Gasteiger partial charge in [-0.1, -0.05) is 53.2 Å². The molecule has 0 amide bonds. The average molecular weight is 647 g/mol. The van der Waals surface area contributed by atoms with E-state index in [0.717, 1.165) is 55.8 Å². The van der Waals surface area contributed by atoms with Crippen LogP contribution in [0, 0.1) is 46.3 Å². The number of carbonyl (C=O) groups excluding carboxylic acids is 2. The summed E-state index contributed by atoms with van der Waals surface area (Å²) >= 11 is 0. The molecule has 5 rings (SSSR count). The number of esters is 2. The average Bonchev–Trinajstić information content (AvgIpc) is 3.39. The first-order valence-corrected chi connectivity index (χ1v) is 18.5. The Morgan fingerprint density at radius 1 is 1.00 bits per heavy atom. The summed E-state index contributed by atoms with van der Waals surface area (Å²) in [5, 5.41) is 10.3. The number of ether oxygens (including phenoxy) is 5. The molecule has 0 bridgehead atoms. The Morgan fingerprint density at radius 2 is 1.76 bits per heavy atom. The largest absolute Gasteiger partial charge is 0.457 e. The minimum Gasteiger partial charge on any atom is -0.457 e. The molecule has 8 nitrogen and oxygen atoms in total. The number of aliphatic hydroxyl groups excluding tert-OH is 1. The Balaban J connectivity index is 1.04. The van der Waals surface area contributed by atoms with Crippen molar-refractivity contribution in [1.29, 1.82) is 0 Å². The van der Waals surface area contributed by atoms with Gasteiger partial charge in [0.15, 0.2) is 13.1 Å². The second kappa shape index (κ2) is 15.4. The molecule has 262 valence electrons. The molecule has 3 saturated carbocycles. The summed E-state index contributed by atoms with van der Waals surface area (Å²) < 4.78 is 28.0. The Bertz CT molecular complexity index is 1060. The first-order chi connectivity index (χ1) is 21.9. The predicted octanol–water partition coefficient (Wildman–Crippen LogP) is 7.36. The molecule has 0 unspecified atom stereocenters. The van der Waals surface area contributed by atoms with Crippen LogP contribution in [0.25, 0.3) is 0 Å². The van der Waals surface area contributed by atoms with Gasteiger partial charge in [-0.3, -0.25) is 9.59 Å². The summed E-state index contributed by atoms with van der Waals surface area (Å²) in [6.07, 6.45) is 14.1. The number of rotatable bonds is 13. The van der Waals surface area contributed by atoms with Gasteiger partial charge in [-0.2, -0.15) is 0 Å². The third-order valence-electron chi connectivity index (χ3n) is 13.1. The highest BCUT2D eigenvalue weighted by atomic mass is 16.7. The van der Waals surface area contributed by atoms with E-state index in [9.17, 15) is 14.7 Å². The fraction of sp³-hybridized carbons (Fsp3) is 0.895. The van der Waals surface area contributed by atoms with Crippen LogP contribution in [-0.4, -0.2) is 61.7 Å². The maximum Gasteiger partial charge on any atom is 0.308 e. The molecular formula is C38H62O8. The van der Waals surface area contributed by atoms with Crippen molar-refractivity contribution in [3.05, 3.63) is 11.6 Å². The molecule has 4 fully saturated rings. The fourth-order valence-corrected chi connectivity index (χ4v) is 10.4.